The summed E-state index contributed by atoms with van der Waals surface area (Å²) in [5, 5.41) is 9.95. The van der Waals surface area contributed by atoms with Gasteiger partial charge in [0, 0.05) is 6.04 Å². The van der Waals surface area contributed by atoms with E-state index in [0.29, 0.717) is 11.4 Å². The molecule has 0 bridgehead atoms. The number of aromatic hydroxyl groups is 1. The van der Waals surface area contributed by atoms with Gasteiger partial charge in [0.1, 0.15) is 16.8 Å². The normalized spacial score (nSPS) is 23.5. The molecule has 1 fully saturated rings. The number of nitrogens with one attached hydrogen (secondary N) is 1. The van der Waals surface area contributed by atoms with Crippen molar-refractivity contribution in [2.45, 2.75) is 43.5 Å². The molecule has 2 N–H and O–H groups in total. The summed E-state index contributed by atoms with van der Waals surface area (Å²) in [6.45, 7) is 2.18. The Morgan fingerprint density at radius 3 is 2.67 bits per heavy atom. The predicted molar refractivity (Wildman–Crippen MR) is 80.8 cm³/mol. The van der Waals surface area contributed by atoms with Crippen LogP contribution < -0.4 is 4.72 Å². The van der Waals surface area contributed by atoms with E-state index in [0.717, 1.165) is 37.4 Å². The molecule has 0 amide bonds. The zero-order valence-corrected chi connectivity index (χ0v) is 13.2. The minimum absolute atomic E-state index is 0.0764. The highest BCUT2D eigenvalue weighted by atomic mass is 32.2. The fourth-order valence-electron chi connectivity index (χ4n) is 2.74. The van der Waals surface area contributed by atoms with Gasteiger partial charge in [0.2, 0.25) is 10.0 Å². The first-order chi connectivity index (χ1) is 9.97. The summed E-state index contributed by atoms with van der Waals surface area (Å²) in [4.78, 5) is -0.160. The Morgan fingerprint density at radius 1 is 1.24 bits per heavy atom. The Hall–Kier alpha value is -1.25. The number of sulfonamides is 1. The van der Waals surface area contributed by atoms with Gasteiger partial charge in [-0.2, -0.15) is 8.75 Å². The lowest BCUT2D eigenvalue weighted by atomic mass is 9.88. The summed E-state index contributed by atoms with van der Waals surface area (Å²) in [5.41, 5.74) is 0.715. The number of rotatable bonds is 3. The molecule has 1 saturated carbocycles. The van der Waals surface area contributed by atoms with Crippen LogP contribution in [0.15, 0.2) is 17.0 Å². The van der Waals surface area contributed by atoms with Crippen LogP contribution >= 0.6 is 11.7 Å². The van der Waals surface area contributed by atoms with Gasteiger partial charge in [-0.05, 0) is 43.7 Å². The molecule has 8 heteroatoms. The smallest absolute Gasteiger partial charge is 0.246 e. The van der Waals surface area contributed by atoms with Crippen molar-refractivity contribution in [2.75, 3.05) is 0 Å². The molecule has 0 aliphatic heterocycles. The second-order valence-electron chi connectivity index (χ2n) is 5.62. The summed E-state index contributed by atoms with van der Waals surface area (Å²) >= 11 is 0.935. The van der Waals surface area contributed by atoms with Crippen LogP contribution in [0.1, 0.15) is 32.6 Å². The first-order valence-corrected chi connectivity index (χ1v) is 9.15. The molecular weight excluding hydrogens is 310 g/mol. The largest absolute Gasteiger partial charge is 0.506 e. The van der Waals surface area contributed by atoms with Crippen molar-refractivity contribution in [1.82, 2.24) is 13.5 Å². The quantitative estimate of drug-likeness (QED) is 0.902. The average molecular weight is 327 g/mol. The molecule has 0 spiro atoms. The van der Waals surface area contributed by atoms with E-state index in [-0.39, 0.29) is 22.2 Å². The van der Waals surface area contributed by atoms with Crippen molar-refractivity contribution >= 4 is 32.8 Å². The molecule has 3 rings (SSSR count). The van der Waals surface area contributed by atoms with Crippen LogP contribution in [-0.2, 0) is 10.0 Å². The predicted octanol–water partition coefficient (Wildman–Crippen LogP) is 2.25. The molecule has 0 atom stereocenters. The molecule has 1 aliphatic carbocycles. The van der Waals surface area contributed by atoms with Gasteiger partial charge in [-0.3, -0.25) is 0 Å². The van der Waals surface area contributed by atoms with Crippen molar-refractivity contribution < 1.29 is 13.5 Å². The van der Waals surface area contributed by atoms with E-state index in [1.54, 1.807) is 6.07 Å². The summed E-state index contributed by atoms with van der Waals surface area (Å²) in [5.74, 6) is 0.359. The van der Waals surface area contributed by atoms with Gasteiger partial charge < -0.3 is 5.11 Å². The van der Waals surface area contributed by atoms with Gasteiger partial charge in [0.15, 0.2) is 4.90 Å². The van der Waals surface area contributed by atoms with Crippen molar-refractivity contribution in [1.29, 1.82) is 0 Å². The second-order valence-corrected chi connectivity index (χ2v) is 7.80. The third-order valence-corrected chi connectivity index (χ3v) is 6.09. The van der Waals surface area contributed by atoms with E-state index >= 15 is 0 Å². The lowest BCUT2D eigenvalue weighted by Crippen LogP contribution is -2.37. The number of nitrogens with zero attached hydrogens (tertiary/aromatic N) is 2. The zero-order valence-electron chi connectivity index (χ0n) is 11.6. The molecule has 1 aromatic heterocycles. The third kappa shape index (κ3) is 2.88. The van der Waals surface area contributed by atoms with Crippen LogP contribution in [0.25, 0.3) is 11.0 Å². The average Bonchev–Trinajstić information content (AvgIpc) is 2.88. The van der Waals surface area contributed by atoms with Gasteiger partial charge in [0.05, 0.1) is 11.7 Å². The Balaban J connectivity index is 1.93. The Labute approximate surface area is 127 Å². The highest BCUT2D eigenvalue weighted by molar-refractivity contribution is 7.89. The Bertz CT molecular complexity index is 749. The van der Waals surface area contributed by atoms with Crippen LogP contribution in [0.4, 0.5) is 0 Å². The van der Waals surface area contributed by atoms with Gasteiger partial charge in [-0.25, -0.2) is 13.1 Å². The van der Waals surface area contributed by atoms with Gasteiger partial charge in [-0.15, -0.1) is 0 Å². The summed E-state index contributed by atoms with van der Waals surface area (Å²) in [6, 6.07) is 2.84. The maximum atomic E-state index is 12.6. The van der Waals surface area contributed by atoms with Gasteiger partial charge >= 0.3 is 0 Å². The fourth-order valence-corrected chi connectivity index (χ4v) is 4.88. The maximum Gasteiger partial charge on any atom is 0.246 e. The summed E-state index contributed by atoms with van der Waals surface area (Å²) in [7, 11) is -3.80. The van der Waals surface area contributed by atoms with Gasteiger partial charge in [0.25, 0.3) is 0 Å². The van der Waals surface area contributed by atoms with Crippen LogP contribution in [0, 0.1) is 5.92 Å². The molecular formula is C13H17N3O3S2. The number of benzene rings is 1. The number of phenols is 1. The highest BCUT2D eigenvalue weighted by Crippen LogP contribution is 2.31. The van der Waals surface area contributed by atoms with E-state index in [1.165, 1.54) is 6.07 Å². The molecule has 1 aromatic carbocycles. The lowest BCUT2D eigenvalue weighted by Gasteiger charge is -2.26. The molecule has 1 heterocycles. The SMILES string of the molecule is CC1CCC(NS(=O)(=O)c2c(O)ccc3nsnc23)CC1. The van der Waals surface area contributed by atoms with Crippen LogP contribution in [0.2, 0.25) is 0 Å². The van der Waals surface area contributed by atoms with Crippen molar-refractivity contribution in [3.8, 4) is 5.75 Å². The Morgan fingerprint density at radius 2 is 1.95 bits per heavy atom. The second kappa shape index (κ2) is 5.51. The molecule has 0 saturated heterocycles. The maximum absolute atomic E-state index is 12.6. The van der Waals surface area contributed by atoms with E-state index in [2.05, 4.69) is 20.4 Å². The number of hydrogen-bond acceptors (Lipinski definition) is 6. The highest BCUT2D eigenvalue weighted by Gasteiger charge is 2.28. The molecule has 6 nitrogen and oxygen atoms in total. The first-order valence-electron chi connectivity index (χ1n) is 6.94. The standard InChI is InChI=1S/C13H17N3O3S2/c1-8-2-4-9(5-3-8)16-21(18,19)13-11(17)7-6-10-12(13)15-20-14-10/h6-9,16-17H,2-5H2,1H3. The molecule has 21 heavy (non-hydrogen) atoms. The van der Waals surface area contributed by atoms with E-state index in [1.807, 2.05) is 0 Å². The first kappa shape index (κ1) is 14.7. The lowest BCUT2D eigenvalue weighted by molar-refractivity contribution is 0.332. The molecule has 114 valence electrons. The number of hydrogen-bond donors (Lipinski definition) is 2. The monoisotopic (exact) mass is 327 g/mol. The van der Waals surface area contributed by atoms with Crippen molar-refractivity contribution in [3.05, 3.63) is 12.1 Å². The summed E-state index contributed by atoms with van der Waals surface area (Å²) in [6.07, 6.45) is 3.68. The van der Waals surface area contributed by atoms with Crippen molar-refractivity contribution in [2.24, 2.45) is 5.92 Å². The number of aromatic nitrogens is 2. The summed E-state index contributed by atoms with van der Waals surface area (Å²) < 4.78 is 35.9. The number of phenolic OH excluding ortho intramolecular Hbond substituents is 1. The van der Waals surface area contributed by atoms with Crippen molar-refractivity contribution in [3.63, 3.8) is 0 Å². The Kier molecular flexibility index (Phi) is 3.85. The van der Waals surface area contributed by atoms with Crippen LogP contribution in [0.3, 0.4) is 0 Å². The van der Waals surface area contributed by atoms with E-state index in [4.69, 9.17) is 0 Å². The number of fused-ring (bicyclic) bond motifs is 1. The van der Waals surface area contributed by atoms with E-state index < -0.39 is 10.0 Å². The molecule has 2 aromatic rings. The molecule has 1 aliphatic rings. The fraction of sp³-hybridized carbons (Fsp3) is 0.538. The van der Waals surface area contributed by atoms with Crippen LogP contribution in [0.5, 0.6) is 5.75 Å². The molecule has 0 radical (unpaired) electrons. The topological polar surface area (TPSA) is 92.2 Å². The minimum atomic E-state index is -3.80. The molecule has 0 unspecified atom stereocenters. The third-order valence-electron chi connectivity index (χ3n) is 3.97. The minimum Gasteiger partial charge on any atom is -0.506 e. The zero-order chi connectivity index (χ0) is 15.0. The van der Waals surface area contributed by atoms with Crippen LogP contribution in [-0.4, -0.2) is 28.3 Å². The van der Waals surface area contributed by atoms with Gasteiger partial charge in [-0.1, -0.05) is 6.92 Å². The van der Waals surface area contributed by atoms with E-state index in [9.17, 15) is 13.5 Å².